The number of carbonyl (C=O) groups excluding carboxylic acids is 1. The number of hydrogen-bond acceptors (Lipinski definition) is 5. The summed E-state index contributed by atoms with van der Waals surface area (Å²) in [5.41, 5.74) is -0.0272. The van der Waals surface area contributed by atoms with Crippen molar-refractivity contribution < 1.29 is 27.4 Å². The molecule has 0 aliphatic heterocycles. The number of anilines is 1. The first-order valence-electron chi connectivity index (χ1n) is 10.5. The van der Waals surface area contributed by atoms with Crippen LogP contribution >= 0.6 is 0 Å². The smallest absolute Gasteiger partial charge is 0.416 e. The molecule has 0 radical (unpaired) electrons. The highest BCUT2D eigenvalue weighted by atomic mass is 19.4. The van der Waals surface area contributed by atoms with E-state index in [1.54, 1.807) is 50.2 Å². The van der Waals surface area contributed by atoms with E-state index in [4.69, 9.17) is 9.47 Å². The van der Waals surface area contributed by atoms with E-state index in [1.807, 2.05) is 24.3 Å². The lowest BCUT2D eigenvalue weighted by Crippen LogP contribution is -2.36. The summed E-state index contributed by atoms with van der Waals surface area (Å²) in [5, 5.41) is 12.5. The largest absolute Gasteiger partial charge is 0.457 e. The van der Waals surface area contributed by atoms with E-state index in [2.05, 4.69) is 5.32 Å². The molecular formula is C26H23F3N2O3. The maximum Gasteiger partial charge on any atom is 0.416 e. The fourth-order valence-electron chi connectivity index (χ4n) is 3.16. The Kier molecular flexibility index (Phi) is 7.79. The quantitative estimate of drug-likeness (QED) is 0.371. The Hall–Kier alpha value is -3.99. The maximum absolute atomic E-state index is 12.9. The minimum Gasteiger partial charge on any atom is -0.457 e. The zero-order chi connectivity index (χ0) is 24.7. The summed E-state index contributed by atoms with van der Waals surface area (Å²) in [6, 6.07) is 21.2. The van der Waals surface area contributed by atoms with Crippen LogP contribution < -0.4 is 10.1 Å². The average Bonchev–Trinajstić information content (AvgIpc) is 2.81. The van der Waals surface area contributed by atoms with Gasteiger partial charge in [0.2, 0.25) is 6.10 Å². The molecular weight excluding hydrogens is 445 g/mol. The van der Waals surface area contributed by atoms with Gasteiger partial charge in [-0.25, -0.2) is 4.79 Å². The molecule has 3 rings (SSSR count). The molecule has 0 spiro atoms. The third-order valence-electron chi connectivity index (χ3n) is 4.95. The summed E-state index contributed by atoms with van der Waals surface area (Å²) in [5.74, 6) is 0.131. The molecule has 1 N–H and O–H groups in total. The van der Waals surface area contributed by atoms with Gasteiger partial charge in [0, 0.05) is 11.3 Å². The molecule has 0 fully saturated rings. The number of nitrogens with one attached hydrogen (secondary N) is 1. The summed E-state index contributed by atoms with van der Waals surface area (Å²) in [6.07, 6.45) is -5.64. The summed E-state index contributed by atoms with van der Waals surface area (Å²) >= 11 is 0. The van der Waals surface area contributed by atoms with Crippen LogP contribution in [0.4, 0.5) is 18.9 Å². The van der Waals surface area contributed by atoms with Crippen molar-refractivity contribution in [2.24, 2.45) is 5.92 Å². The lowest BCUT2D eigenvalue weighted by molar-refractivity contribution is -0.149. The third kappa shape index (κ3) is 6.51. The zero-order valence-electron chi connectivity index (χ0n) is 18.5. The minimum absolute atomic E-state index is 0.262. The van der Waals surface area contributed by atoms with E-state index in [9.17, 15) is 23.2 Å². The van der Waals surface area contributed by atoms with Crippen LogP contribution in [-0.2, 0) is 15.7 Å². The Balaban J connectivity index is 1.72. The van der Waals surface area contributed by atoms with Gasteiger partial charge in [0.15, 0.2) is 0 Å². The molecule has 3 aromatic carbocycles. The lowest BCUT2D eigenvalue weighted by atomic mass is 10.0. The number of halogens is 3. The molecule has 2 atom stereocenters. The molecule has 0 saturated carbocycles. The summed E-state index contributed by atoms with van der Waals surface area (Å²) in [4.78, 5) is 12.9. The summed E-state index contributed by atoms with van der Waals surface area (Å²) in [7, 11) is 0. The normalized spacial score (nSPS) is 13.0. The second-order valence-electron chi connectivity index (χ2n) is 7.87. The number of benzene rings is 3. The van der Waals surface area contributed by atoms with Gasteiger partial charge in [-0.1, -0.05) is 44.2 Å². The number of rotatable bonds is 8. The predicted molar refractivity (Wildman–Crippen MR) is 121 cm³/mol. The Morgan fingerprint density at radius 2 is 1.59 bits per heavy atom. The van der Waals surface area contributed by atoms with Gasteiger partial charge in [-0.15, -0.1) is 0 Å². The van der Waals surface area contributed by atoms with Crippen LogP contribution in [0.3, 0.4) is 0 Å². The molecule has 0 heterocycles. The van der Waals surface area contributed by atoms with Gasteiger partial charge in [0.1, 0.15) is 23.6 Å². The van der Waals surface area contributed by atoms with Gasteiger partial charge in [0.05, 0.1) is 5.56 Å². The molecule has 0 aromatic heterocycles. The van der Waals surface area contributed by atoms with Crippen molar-refractivity contribution in [3.05, 3.63) is 90.0 Å². The van der Waals surface area contributed by atoms with Crippen molar-refractivity contribution in [2.75, 3.05) is 5.32 Å². The third-order valence-corrected chi connectivity index (χ3v) is 4.95. The van der Waals surface area contributed by atoms with Gasteiger partial charge in [-0.3, -0.25) is 0 Å². The highest BCUT2D eigenvalue weighted by Crippen LogP contribution is 2.30. The fourth-order valence-corrected chi connectivity index (χ4v) is 3.16. The standard InChI is InChI=1S/C26H23F3N2O3/c1-17(2)24(31-20-13-11-19(12-14-20)26(27,28)29)25(32)34-23(16-30)18-7-6-10-22(15-18)33-21-8-4-3-5-9-21/h3-15,17,23-24,31H,1-2H3/t23-,24+/m0/s1. The second kappa shape index (κ2) is 10.8. The van der Waals surface area contributed by atoms with E-state index in [-0.39, 0.29) is 5.92 Å². The first-order valence-corrected chi connectivity index (χ1v) is 10.5. The Bertz CT molecular complexity index is 1140. The molecule has 3 aromatic rings. The molecule has 0 saturated heterocycles. The number of nitrogens with zero attached hydrogens (tertiary/aromatic N) is 1. The Morgan fingerprint density at radius 3 is 2.18 bits per heavy atom. The molecule has 0 aliphatic rings. The predicted octanol–water partition coefficient (Wildman–Crippen LogP) is 6.74. The molecule has 0 aliphatic carbocycles. The van der Waals surface area contributed by atoms with E-state index in [1.165, 1.54) is 12.1 Å². The molecule has 176 valence electrons. The van der Waals surface area contributed by atoms with Crippen LogP contribution in [0.1, 0.15) is 31.1 Å². The van der Waals surface area contributed by atoms with Gasteiger partial charge >= 0.3 is 12.1 Å². The van der Waals surface area contributed by atoms with Crippen LogP contribution in [0, 0.1) is 17.2 Å². The van der Waals surface area contributed by atoms with Crippen LogP contribution in [0.5, 0.6) is 11.5 Å². The first-order chi connectivity index (χ1) is 16.2. The number of para-hydroxylation sites is 1. The van der Waals surface area contributed by atoms with Crippen molar-refractivity contribution in [2.45, 2.75) is 32.2 Å². The maximum atomic E-state index is 12.9. The monoisotopic (exact) mass is 468 g/mol. The SMILES string of the molecule is CC(C)[C@@H](Nc1ccc(C(F)(F)F)cc1)C(=O)O[C@@H](C#N)c1cccc(Oc2ccccc2)c1. The molecule has 0 bridgehead atoms. The van der Waals surface area contributed by atoms with Crippen LogP contribution in [0.25, 0.3) is 0 Å². The van der Waals surface area contributed by atoms with Gasteiger partial charge in [-0.05, 0) is 54.4 Å². The van der Waals surface area contributed by atoms with E-state index in [0.29, 0.717) is 22.7 Å². The van der Waals surface area contributed by atoms with E-state index in [0.717, 1.165) is 12.1 Å². The molecule has 5 nitrogen and oxygen atoms in total. The summed E-state index contributed by atoms with van der Waals surface area (Å²) < 4.78 is 49.6. The molecule has 34 heavy (non-hydrogen) atoms. The average molecular weight is 468 g/mol. The van der Waals surface area contributed by atoms with Crippen LogP contribution in [0.15, 0.2) is 78.9 Å². The van der Waals surface area contributed by atoms with Crippen molar-refractivity contribution >= 4 is 11.7 Å². The van der Waals surface area contributed by atoms with E-state index >= 15 is 0 Å². The lowest BCUT2D eigenvalue weighted by Gasteiger charge is -2.23. The van der Waals surface area contributed by atoms with Crippen molar-refractivity contribution in [3.8, 4) is 17.6 Å². The van der Waals surface area contributed by atoms with Gasteiger partial charge in [0.25, 0.3) is 0 Å². The summed E-state index contributed by atoms with van der Waals surface area (Å²) in [6.45, 7) is 3.53. The number of carbonyl (C=O) groups is 1. The van der Waals surface area contributed by atoms with Crippen molar-refractivity contribution in [1.29, 1.82) is 5.26 Å². The van der Waals surface area contributed by atoms with Gasteiger partial charge < -0.3 is 14.8 Å². The fraction of sp³-hybridized carbons (Fsp3) is 0.231. The molecule has 8 heteroatoms. The number of alkyl halides is 3. The second-order valence-corrected chi connectivity index (χ2v) is 7.87. The minimum atomic E-state index is -4.45. The number of hydrogen-bond donors (Lipinski definition) is 1. The highest BCUT2D eigenvalue weighted by Gasteiger charge is 2.31. The number of ether oxygens (including phenoxy) is 2. The Labute approximate surface area is 195 Å². The molecule has 0 unspecified atom stereocenters. The van der Waals surface area contributed by atoms with E-state index < -0.39 is 29.9 Å². The molecule has 0 amide bonds. The number of esters is 1. The zero-order valence-corrected chi connectivity index (χ0v) is 18.5. The first kappa shape index (κ1) is 24.6. The topological polar surface area (TPSA) is 71.3 Å². The van der Waals surface area contributed by atoms with Crippen molar-refractivity contribution in [3.63, 3.8) is 0 Å². The van der Waals surface area contributed by atoms with Crippen LogP contribution in [0.2, 0.25) is 0 Å². The highest BCUT2D eigenvalue weighted by molar-refractivity contribution is 5.80. The Morgan fingerprint density at radius 1 is 0.941 bits per heavy atom. The van der Waals surface area contributed by atoms with Crippen molar-refractivity contribution in [1.82, 2.24) is 0 Å². The van der Waals surface area contributed by atoms with Gasteiger partial charge in [-0.2, -0.15) is 18.4 Å². The van der Waals surface area contributed by atoms with Crippen LogP contribution in [-0.4, -0.2) is 12.0 Å². The number of nitriles is 1.